The zero-order chi connectivity index (χ0) is 11.7. The zero-order valence-corrected chi connectivity index (χ0v) is 9.99. The summed E-state index contributed by atoms with van der Waals surface area (Å²) in [6.07, 6.45) is 4.12. The summed E-state index contributed by atoms with van der Waals surface area (Å²) in [5.41, 5.74) is 0.971. The highest BCUT2D eigenvalue weighted by Gasteiger charge is 2.16. The molecule has 1 unspecified atom stereocenters. The molecule has 2 aromatic heterocycles. The van der Waals surface area contributed by atoms with Gasteiger partial charge in [0.05, 0.1) is 6.20 Å². The van der Waals surface area contributed by atoms with Gasteiger partial charge in [-0.1, -0.05) is 0 Å². The maximum absolute atomic E-state index is 5.57. The van der Waals surface area contributed by atoms with E-state index in [1.165, 1.54) is 6.42 Å². The van der Waals surface area contributed by atoms with Crippen molar-refractivity contribution in [1.82, 2.24) is 15.3 Å². The molecule has 0 saturated carbocycles. The van der Waals surface area contributed by atoms with Crippen LogP contribution < -0.4 is 5.32 Å². The van der Waals surface area contributed by atoms with E-state index >= 15 is 0 Å². The summed E-state index contributed by atoms with van der Waals surface area (Å²) in [5.74, 6) is 3.57. The molecule has 0 radical (unpaired) electrons. The molecule has 4 heteroatoms. The van der Waals surface area contributed by atoms with Gasteiger partial charge in [0.25, 0.3) is 0 Å². The number of hydrogen-bond donors (Lipinski definition) is 2. The normalized spacial score (nSPS) is 19.9. The van der Waals surface area contributed by atoms with Crippen LogP contribution in [0.3, 0.4) is 0 Å². The van der Waals surface area contributed by atoms with Crippen molar-refractivity contribution in [3.8, 4) is 11.5 Å². The van der Waals surface area contributed by atoms with Gasteiger partial charge in [-0.2, -0.15) is 0 Å². The molecule has 17 heavy (non-hydrogen) atoms. The Kier molecular flexibility index (Phi) is 2.73. The van der Waals surface area contributed by atoms with Crippen LogP contribution in [0.5, 0.6) is 0 Å². The van der Waals surface area contributed by atoms with Gasteiger partial charge in [0.1, 0.15) is 17.3 Å². The van der Waals surface area contributed by atoms with Crippen LogP contribution in [0, 0.1) is 12.8 Å². The first kappa shape index (κ1) is 10.6. The monoisotopic (exact) mass is 231 g/mol. The second-order valence-electron chi connectivity index (χ2n) is 4.72. The molecule has 0 spiro atoms. The first-order chi connectivity index (χ1) is 8.31. The molecule has 1 aliphatic heterocycles. The number of H-pyrrole nitrogens is 1. The van der Waals surface area contributed by atoms with Crippen LogP contribution in [0.4, 0.5) is 0 Å². The van der Waals surface area contributed by atoms with Crippen LogP contribution >= 0.6 is 0 Å². The van der Waals surface area contributed by atoms with E-state index in [0.717, 1.165) is 42.5 Å². The molecular weight excluding hydrogens is 214 g/mol. The first-order valence-corrected chi connectivity index (χ1v) is 6.12. The molecule has 3 heterocycles. The molecule has 2 N–H and O–H groups in total. The number of furan rings is 1. The Morgan fingerprint density at radius 3 is 3.12 bits per heavy atom. The minimum absolute atomic E-state index is 0.715. The van der Waals surface area contributed by atoms with Crippen molar-refractivity contribution in [3.63, 3.8) is 0 Å². The smallest absolute Gasteiger partial charge is 0.152 e. The second kappa shape index (κ2) is 4.37. The van der Waals surface area contributed by atoms with Crippen molar-refractivity contribution in [2.75, 3.05) is 13.1 Å². The van der Waals surface area contributed by atoms with E-state index in [4.69, 9.17) is 4.42 Å². The van der Waals surface area contributed by atoms with Crippen molar-refractivity contribution in [2.45, 2.75) is 19.8 Å². The van der Waals surface area contributed by atoms with Gasteiger partial charge in [0.15, 0.2) is 5.76 Å². The quantitative estimate of drug-likeness (QED) is 0.850. The molecule has 3 rings (SSSR count). The van der Waals surface area contributed by atoms with E-state index in [1.807, 2.05) is 25.3 Å². The Morgan fingerprint density at radius 1 is 1.47 bits per heavy atom. The van der Waals surface area contributed by atoms with Crippen molar-refractivity contribution < 1.29 is 4.42 Å². The van der Waals surface area contributed by atoms with Crippen LogP contribution in [0.15, 0.2) is 22.7 Å². The highest BCUT2D eigenvalue weighted by molar-refractivity contribution is 5.51. The standard InChI is InChI=1S/C13H17N3O/c1-9-2-3-12(17-9)11-8-15-13(16-11)6-10-4-5-14-7-10/h2-3,8,10,14H,4-7H2,1H3,(H,15,16). The predicted molar refractivity (Wildman–Crippen MR) is 65.7 cm³/mol. The first-order valence-electron chi connectivity index (χ1n) is 6.12. The van der Waals surface area contributed by atoms with E-state index in [9.17, 15) is 0 Å². The number of aryl methyl sites for hydroxylation is 1. The third kappa shape index (κ3) is 2.26. The van der Waals surface area contributed by atoms with Crippen molar-refractivity contribution >= 4 is 0 Å². The van der Waals surface area contributed by atoms with Crippen LogP contribution in [0.1, 0.15) is 18.0 Å². The van der Waals surface area contributed by atoms with Gasteiger partial charge in [0, 0.05) is 6.42 Å². The molecule has 0 bridgehead atoms. The molecule has 1 saturated heterocycles. The maximum atomic E-state index is 5.57. The Morgan fingerprint density at radius 2 is 2.41 bits per heavy atom. The summed E-state index contributed by atoms with van der Waals surface area (Å²) in [6.45, 7) is 4.19. The molecule has 1 atom stereocenters. The van der Waals surface area contributed by atoms with Gasteiger partial charge >= 0.3 is 0 Å². The Balaban J connectivity index is 1.73. The molecular formula is C13H17N3O. The fourth-order valence-electron chi connectivity index (χ4n) is 2.33. The van der Waals surface area contributed by atoms with Gasteiger partial charge in [-0.05, 0) is 44.5 Å². The number of imidazole rings is 1. The number of aromatic nitrogens is 2. The van der Waals surface area contributed by atoms with Gasteiger partial charge in [-0.3, -0.25) is 0 Å². The minimum atomic E-state index is 0.715. The lowest BCUT2D eigenvalue weighted by atomic mass is 10.1. The third-order valence-electron chi connectivity index (χ3n) is 3.28. The fraction of sp³-hybridized carbons (Fsp3) is 0.462. The van der Waals surface area contributed by atoms with Crippen molar-refractivity contribution in [2.24, 2.45) is 5.92 Å². The van der Waals surface area contributed by atoms with Crippen LogP contribution in [0.2, 0.25) is 0 Å². The molecule has 2 aromatic rings. The van der Waals surface area contributed by atoms with Crippen molar-refractivity contribution in [3.05, 3.63) is 29.9 Å². The predicted octanol–water partition coefficient (Wildman–Crippen LogP) is 2.13. The van der Waals surface area contributed by atoms with Crippen LogP contribution in [-0.4, -0.2) is 23.1 Å². The highest BCUT2D eigenvalue weighted by atomic mass is 16.3. The van der Waals surface area contributed by atoms with Gasteiger partial charge in [-0.25, -0.2) is 4.98 Å². The lowest BCUT2D eigenvalue weighted by Crippen LogP contribution is -2.11. The zero-order valence-electron chi connectivity index (χ0n) is 9.99. The Labute approximate surface area is 100 Å². The molecule has 0 aliphatic carbocycles. The molecule has 4 nitrogen and oxygen atoms in total. The summed E-state index contributed by atoms with van der Waals surface area (Å²) < 4.78 is 5.57. The maximum Gasteiger partial charge on any atom is 0.152 e. The van der Waals surface area contributed by atoms with E-state index in [-0.39, 0.29) is 0 Å². The topological polar surface area (TPSA) is 53.9 Å². The number of nitrogens with zero attached hydrogens (tertiary/aromatic N) is 1. The van der Waals surface area contributed by atoms with E-state index in [1.54, 1.807) is 0 Å². The molecule has 0 amide bonds. The van der Waals surface area contributed by atoms with Crippen LogP contribution in [-0.2, 0) is 6.42 Å². The highest BCUT2D eigenvalue weighted by Crippen LogP contribution is 2.21. The summed E-state index contributed by atoms with van der Waals surface area (Å²) in [6, 6.07) is 3.94. The molecule has 1 aliphatic rings. The fourth-order valence-corrected chi connectivity index (χ4v) is 2.33. The summed E-state index contributed by atoms with van der Waals surface area (Å²) in [7, 11) is 0. The van der Waals surface area contributed by atoms with Crippen molar-refractivity contribution in [1.29, 1.82) is 0 Å². The number of aromatic amines is 1. The van der Waals surface area contributed by atoms with Gasteiger partial charge in [-0.15, -0.1) is 0 Å². The van der Waals surface area contributed by atoms with E-state index in [2.05, 4.69) is 15.3 Å². The van der Waals surface area contributed by atoms with Gasteiger partial charge < -0.3 is 14.7 Å². The summed E-state index contributed by atoms with van der Waals surface area (Å²) in [4.78, 5) is 7.76. The minimum Gasteiger partial charge on any atom is -0.460 e. The molecule has 90 valence electrons. The summed E-state index contributed by atoms with van der Waals surface area (Å²) in [5, 5.41) is 3.37. The largest absolute Gasteiger partial charge is 0.460 e. The number of rotatable bonds is 3. The van der Waals surface area contributed by atoms with Crippen LogP contribution in [0.25, 0.3) is 11.5 Å². The number of nitrogens with one attached hydrogen (secondary N) is 2. The second-order valence-corrected chi connectivity index (χ2v) is 4.72. The lowest BCUT2D eigenvalue weighted by molar-refractivity contribution is 0.545. The number of hydrogen-bond acceptors (Lipinski definition) is 3. The average Bonchev–Trinajstić information content (AvgIpc) is 2.99. The Hall–Kier alpha value is -1.55. The third-order valence-corrected chi connectivity index (χ3v) is 3.28. The Bertz CT molecular complexity index is 494. The van der Waals surface area contributed by atoms with E-state index in [0.29, 0.717) is 5.92 Å². The SMILES string of the molecule is Cc1ccc(-c2cnc(CC3CCNC3)[nH]2)o1. The lowest BCUT2D eigenvalue weighted by Gasteiger charge is -2.04. The average molecular weight is 231 g/mol. The molecule has 0 aromatic carbocycles. The summed E-state index contributed by atoms with van der Waals surface area (Å²) >= 11 is 0. The van der Waals surface area contributed by atoms with Gasteiger partial charge in [0.2, 0.25) is 0 Å². The van der Waals surface area contributed by atoms with E-state index < -0.39 is 0 Å². The molecule has 1 fully saturated rings.